The molecule has 0 aromatic carbocycles. The van der Waals surface area contributed by atoms with Crippen LogP contribution in [0, 0.1) is 17.8 Å². The summed E-state index contributed by atoms with van der Waals surface area (Å²) in [6.45, 7) is 8.64. The van der Waals surface area contributed by atoms with E-state index >= 15 is 0 Å². The highest BCUT2D eigenvalue weighted by Gasteiger charge is 2.19. The lowest BCUT2D eigenvalue weighted by molar-refractivity contribution is 0.307. The molecule has 0 radical (unpaired) electrons. The topological polar surface area (TPSA) is 58.9 Å². The van der Waals surface area contributed by atoms with Crippen LogP contribution in [0.3, 0.4) is 0 Å². The van der Waals surface area contributed by atoms with Gasteiger partial charge in [0.2, 0.25) is 12.2 Å². The molecule has 19 heavy (non-hydrogen) atoms. The second-order valence-corrected chi connectivity index (χ2v) is 5.66. The van der Waals surface area contributed by atoms with Gasteiger partial charge in [0.05, 0.1) is 0 Å². The first-order valence-electron chi connectivity index (χ1n) is 7.19. The molecule has 4 heteroatoms. The predicted octanol–water partition coefficient (Wildman–Crippen LogP) is 3.86. The van der Waals surface area contributed by atoms with Crippen LogP contribution >= 0.6 is 0 Å². The Bertz CT molecular complexity index is 313. The van der Waals surface area contributed by atoms with Gasteiger partial charge in [0.25, 0.3) is 0 Å². The van der Waals surface area contributed by atoms with Gasteiger partial charge in [-0.1, -0.05) is 47.0 Å². The molecule has 0 aromatic rings. The van der Waals surface area contributed by atoms with Crippen LogP contribution in [0.2, 0.25) is 0 Å². The molecule has 0 rings (SSSR count). The average molecular weight is 266 g/mol. The Hall–Kier alpha value is -1.24. The number of aliphatic imine (C=N–C) groups is 2. The second-order valence-electron chi connectivity index (χ2n) is 5.66. The maximum Gasteiger partial charge on any atom is 0.237 e. The third-order valence-electron chi connectivity index (χ3n) is 3.51. The van der Waals surface area contributed by atoms with E-state index in [9.17, 15) is 9.59 Å². The van der Waals surface area contributed by atoms with Crippen LogP contribution in [0.5, 0.6) is 0 Å². The average Bonchev–Trinajstić information content (AvgIpc) is 2.35. The van der Waals surface area contributed by atoms with E-state index in [1.54, 1.807) is 0 Å². The van der Waals surface area contributed by atoms with Gasteiger partial charge in [-0.15, -0.1) is 0 Å². The fraction of sp³-hybridized carbons (Fsp3) is 0.867. The van der Waals surface area contributed by atoms with Gasteiger partial charge >= 0.3 is 0 Å². The largest absolute Gasteiger partial charge is 0.237 e. The van der Waals surface area contributed by atoms with Crippen molar-refractivity contribution in [1.82, 2.24) is 0 Å². The minimum absolute atomic E-state index is 0.0660. The summed E-state index contributed by atoms with van der Waals surface area (Å²) in [5.74, 6) is 1.31. The lowest BCUT2D eigenvalue weighted by Gasteiger charge is -2.21. The van der Waals surface area contributed by atoms with Crippen LogP contribution in [-0.2, 0) is 9.59 Å². The monoisotopic (exact) mass is 266 g/mol. The van der Waals surface area contributed by atoms with Gasteiger partial charge in [0.1, 0.15) is 0 Å². The first-order valence-corrected chi connectivity index (χ1v) is 7.19. The van der Waals surface area contributed by atoms with Gasteiger partial charge in [0.15, 0.2) is 6.17 Å². The third-order valence-corrected chi connectivity index (χ3v) is 3.51. The first kappa shape index (κ1) is 17.8. The zero-order chi connectivity index (χ0) is 14.7. The number of rotatable bonds is 10. The number of hydrogen-bond acceptors (Lipinski definition) is 4. The maximum absolute atomic E-state index is 10.3. The zero-order valence-electron chi connectivity index (χ0n) is 12.6. The van der Waals surface area contributed by atoms with Crippen molar-refractivity contribution < 1.29 is 9.59 Å². The molecule has 0 spiro atoms. The number of unbranched alkanes of at least 4 members (excludes halogenated alkanes) is 1. The number of nitrogens with zero attached hydrogens (tertiary/aromatic N) is 2. The Labute approximate surface area is 116 Å². The minimum Gasteiger partial charge on any atom is -0.211 e. The van der Waals surface area contributed by atoms with E-state index in [-0.39, 0.29) is 5.92 Å². The van der Waals surface area contributed by atoms with Crippen molar-refractivity contribution in [3.05, 3.63) is 0 Å². The lowest BCUT2D eigenvalue weighted by atomic mass is 9.86. The number of isocyanates is 2. The van der Waals surface area contributed by atoms with E-state index in [4.69, 9.17) is 0 Å². The van der Waals surface area contributed by atoms with Gasteiger partial charge in [-0.05, 0) is 24.7 Å². The minimum atomic E-state index is -0.622. The molecule has 0 amide bonds. The molecule has 0 saturated carbocycles. The van der Waals surface area contributed by atoms with Gasteiger partial charge in [-0.3, -0.25) is 0 Å². The first-order chi connectivity index (χ1) is 9.04. The highest BCUT2D eigenvalue weighted by molar-refractivity contribution is 5.37. The quantitative estimate of drug-likeness (QED) is 0.445. The molecule has 0 aromatic heterocycles. The van der Waals surface area contributed by atoms with Crippen LogP contribution in [0.15, 0.2) is 9.98 Å². The Kier molecular flexibility index (Phi) is 9.97. The molecule has 3 atom stereocenters. The maximum atomic E-state index is 10.3. The van der Waals surface area contributed by atoms with Crippen molar-refractivity contribution in [2.75, 3.05) is 0 Å². The Morgan fingerprint density at radius 3 is 2.00 bits per heavy atom. The molecule has 0 aliphatic rings. The summed E-state index contributed by atoms with van der Waals surface area (Å²) in [5, 5.41) is 0. The normalized spacial score (nSPS) is 16.6. The molecular weight excluding hydrogens is 240 g/mol. The molecule has 0 bridgehead atoms. The van der Waals surface area contributed by atoms with Crippen LogP contribution in [0.1, 0.15) is 59.8 Å². The second kappa shape index (κ2) is 10.7. The fourth-order valence-electron chi connectivity index (χ4n) is 2.60. The van der Waals surface area contributed by atoms with Crippen LogP contribution in [0.25, 0.3) is 0 Å². The Morgan fingerprint density at radius 2 is 1.53 bits per heavy atom. The summed E-state index contributed by atoms with van der Waals surface area (Å²) in [5.41, 5.74) is 0. The molecule has 0 N–H and O–H groups in total. The fourth-order valence-corrected chi connectivity index (χ4v) is 2.60. The molecule has 0 saturated heterocycles. The molecular formula is C15H26N2O2. The van der Waals surface area contributed by atoms with Gasteiger partial charge < -0.3 is 0 Å². The van der Waals surface area contributed by atoms with Gasteiger partial charge in [0, 0.05) is 5.92 Å². The third kappa shape index (κ3) is 8.47. The SMILES string of the molecule is CCCCC(C)CC(C)CC(C)C(N=C=O)N=C=O. The van der Waals surface area contributed by atoms with E-state index in [2.05, 4.69) is 30.8 Å². The van der Waals surface area contributed by atoms with Crippen molar-refractivity contribution in [2.45, 2.75) is 66.0 Å². The highest BCUT2D eigenvalue weighted by Crippen LogP contribution is 2.25. The highest BCUT2D eigenvalue weighted by atomic mass is 16.1. The van der Waals surface area contributed by atoms with E-state index in [0.29, 0.717) is 11.8 Å². The Morgan fingerprint density at radius 1 is 0.947 bits per heavy atom. The van der Waals surface area contributed by atoms with E-state index < -0.39 is 6.17 Å². The zero-order valence-corrected chi connectivity index (χ0v) is 12.6. The molecule has 4 nitrogen and oxygen atoms in total. The molecule has 0 aliphatic carbocycles. The van der Waals surface area contributed by atoms with Crippen molar-refractivity contribution in [3.8, 4) is 0 Å². The summed E-state index contributed by atoms with van der Waals surface area (Å²) in [6, 6.07) is 0. The molecule has 108 valence electrons. The number of carbonyl (C=O) groups excluding carboxylic acids is 2. The van der Waals surface area contributed by atoms with Crippen molar-refractivity contribution in [2.24, 2.45) is 27.7 Å². The summed E-state index contributed by atoms with van der Waals surface area (Å²) in [6.07, 6.45) is 8.17. The van der Waals surface area contributed by atoms with Gasteiger partial charge in [-0.25, -0.2) is 9.59 Å². The van der Waals surface area contributed by atoms with Crippen LogP contribution in [-0.4, -0.2) is 18.3 Å². The lowest BCUT2D eigenvalue weighted by Crippen LogP contribution is -2.17. The standard InChI is InChI=1S/C15H26N2O2/c1-5-6-7-12(2)8-13(3)9-14(4)15(16-10-18)17-11-19/h12-15H,5-9H2,1-4H3. The van der Waals surface area contributed by atoms with Crippen molar-refractivity contribution in [3.63, 3.8) is 0 Å². The van der Waals surface area contributed by atoms with Crippen molar-refractivity contribution >= 4 is 12.2 Å². The smallest absolute Gasteiger partial charge is 0.211 e. The van der Waals surface area contributed by atoms with E-state index in [1.165, 1.54) is 31.4 Å². The van der Waals surface area contributed by atoms with Gasteiger partial charge in [-0.2, -0.15) is 9.98 Å². The summed E-state index contributed by atoms with van der Waals surface area (Å²) in [7, 11) is 0. The van der Waals surface area contributed by atoms with Crippen LogP contribution in [0.4, 0.5) is 0 Å². The van der Waals surface area contributed by atoms with E-state index in [1.807, 2.05) is 6.92 Å². The molecule has 3 unspecified atom stereocenters. The molecule has 0 fully saturated rings. The Balaban J connectivity index is 4.25. The number of hydrogen-bond donors (Lipinski definition) is 0. The molecule has 0 aliphatic heterocycles. The van der Waals surface area contributed by atoms with Crippen LogP contribution < -0.4 is 0 Å². The summed E-state index contributed by atoms with van der Waals surface area (Å²) in [4.78, 5) is 27.7. The summed E-state index contributed by atoms with van der Waals surface area (Å²) >= 11 is 0. The van der Waals surface area contributed by atoms with E-state index in [0.717, 1.165) is 12.8 Å². The van der Waals surface area contributed by atoms with Crippen molar-refractivity contribution in [1.29, 1.82) is 0 Å². The summed E-state index contributed by atoms with van der Waals surface area (Å²) < 4.78 is 0. The predicted molar refractivity (Wildman–Crippen MR) is 76.3 cm³/mol. The molecule has 0 heterocycles.